The predicted octanol–water partition coefficient (Wildman–Crippen LogP) is 4.41. The number of hydrogen-bond acceptors (Lipinski definition) is 3. The van der Waals surface area contributed by atoms with Crippen molar-refractivity contribution in [3.05, 3.63) is 57.2 Å². The summed E-state index contributed by atoms with van der Waals surface area (Å²) in [6.45, 7) is 3.39. The highest BCUT2D eigenvalue weighted by atomic mass is 127. The second-order valence-corrected chi connectivity index (χ2v) is 7.05. The van der Waals surface area contributed by atoms with E-state index in [1.807, 2.05) is 49.4 Å². The third-order valence-corrected chi connectivity index (χ3v) is 5.15. The Kier molecular flexibility index (Phi) is 5.73. The van der Waals surface area contributed by atoms with Crippen molar-refractivity contribution in [2.45, 2.75) is 25.9 Å². The summed E-state index contributed by atoms with van der Waals surface area (Å²) < 4.78 is 12.4. The van der Waals surface area contributed by atoms with Gasteiger partial charge in [0.1, 0.15) is 12.4 Å². The first-order valence-electron chi connectivity index (χ1n) is 8.04. The molecule has 126 valence electrons. The Morgan fingerprint density at radius 2 is 2.21 bits per heavy atom. The third kappa shape index (κ3) is 4.48. The van der Waals surface area contributed by atoms with Crippen molar-refractivity contribution < 1.29 is 14.3 Å². The van der Waals surface area contributed by atoms with Crippen molar-refractivity contribution in [2.75, 3.05) is 18.5 Å². The number of aryl methyl sites for hydroxylation is 1. The maximum Gasteiger partial charge on any atom is 0.255 e. The zero-order chi connectivity index (χ0) is 16.9. The smallest absolute Gasteiger partial charge is 0.255 e. The molecule has 1 aliphatic heterocycles. The molecule has 1 heterocycles. The minimum absolute atomic E-state index is 0.121. The van der Waals surface area contributed by atoms with Crippen molar-refractivity contribution in [1.82, 2.24) is 0 Å². The molecule has 2 aromatic carbocycles. The number of benzene rings is 2. The van der Waals surface area contributed by atoms with E-state index in [1.165, 1.54) is 0 Å². The number of amides is 1. The highest BCUT2D eigenvalue weighted by Gasteiger charge is 2.16. The Morgan fingerprint density at radius 3 is 2.96 bits per heavy atom. The molecule has 2 aromatic rings. The van der Waals surface area contributed by atoms with Gasteiger partial charge in [0.2, 0.25) is 0 Å². The molecule has 3 rings (SSSR count). The first-order chi connectivity index (χ1) is 11.6. The van der Waals surface area contributed by atoms with Crippen molar-refractivity contribution in [3.63, 3.8) is 0 Å². The highest BCUT2D eigenvalue weighted by Crippen LogP contribution is 2.21. The lowest BCUT2D eigenvalue weighted by Gasteiger charge is -2.13. The number of ether oxygens (including phenoxy) is 2. The molecule has 1 unspecified atom stereocenters. The lowest BCUT2D eigenvalue weighted by molar-refractivity contribution is 0.0680. The SMILES string of the molecule is Cc1ccc(C(=O)Nc2cccc(OCC3CCCO3)c2)cc1I. The normalized spacial score (nSPS) is 16.8. The van der Waals surface area contributed by atoms with Gasteiger partial charge in [-0.25, -0.2) is 0 Å². The minimum Gasteiger partial charge on any atom is -0.491 e. The van der Waals surface area contributed by atoms with Crippen LogP contribution < -0.4 is 10.1 Å². The molecule has 0 radical (unpaired) electrons. The van der Waals surface area contributed by atoms with Crippen molar-refractivity contribution in [2.24, 2.45) is 0 Å². The quantitative estimate of drug-likeness (QED) is 0.706. The summed E-state index contributed by atoms with van der Waals surface area (Å²) in [5.74, 6) is 0.617. The van der Waals surface area contributed by atoms with Gasteiger partial charge >= 0.3 is 0 Å². The number of rotatable bonds is 5. The molecule has 5 heteroatoms. The summed E-state index contributed by atoms with van der Waals surface area (Å²) in [6, 6.07) is 13.1. The van der Waals surface area contributed by atoms with Gasteiger partial charge in [0.25, 0.3) is 5.91 Å². The van der Waals surface area contributed by atoms with Gasteiger partial charge in [-0.3, -0.25) is 4.79 Å². The maximum atomic E-state index is 12.4. The third-order valence-electron chi connectivity index (χ3n) is 3.99. The summed E-state index contributed by atoms with van der Waals surface area (Å²) in [6.07, 6.45) is 2.32. The Labute approximate surface area is 155 Å². The lowest BCUT2D eigenvalue weighted by Crippen LogP contribution is -2.16. The van der Waals surface area contributed by atoms with E-state index in [0.29, 0.717) is 12.2 Å². The second-order valence-electron chi connectivity index (χ2n) is 5.89. The molecule has 1 amide bonds. The van der Waals surface area contributed by atoms with Crippen LogP contribution in [0.15, 0.2) is 42.5 Å². The number of hydrogen-bond donors (Lipinski definition) is 1. The molecule has 24 heavy (non-hydrogen) atoms. The molecule has 0 spiro atoms. The molecule has 0 aromatic heterocycles. The number of carbonyl (C=O) groups excluding carboxylic acids is 1. The zero-order valence-corrected chi connectivity index (χ0v) is 15.7. The maximum absolute atomic E-state index is 12.4. The number of halogens is 1. The first-order valence-corrected chi connectivity index (χ1v) is 9.11. The molecular formula is C19H20INO3. The van der Waals surface area contributed by atoms with Gasteiger partial charge in [0.15, 0.2) is 0 Å². The fourth-order valence-corrected chi connectivity index (χ4v) is 3.08. The van der Waals surface area contributed by atoms with Gasteiger partial charge in [0.05, 0.1) is 6.10 Å². The average molecular weight is 437 g/mol. The van der Waals surface area contributed by atoms with Gasteiger partial charge in [-0.05, 0) is 72.2 Å². The average Bonchev–Trinajstić information content (AvgIpc) is 3.09. The van der Waals surface area contributed by atoms with Crippen LogP contribution >= 0.6 is 22.6 Å². The minimum atomic E-state index is -0.121. The fourth-order valence-electron chi connectivity index (χ4n) is 2.57. The van der Waals surface area contributed by atoms with E-state index in [-0.39, 0.29) is 12.0 Å². The highest BCUT2D eigenvalue weighted by molar-refractivity contribution is 14.1. The monoisotopic (exact) mass is 437 g/mol. The summed E-state index contributed by atoms with van der Waals surface area (Å²) in [4.78, 5) is 12.4. The first kappa shape index (κ1) is 17.2. The summed E-state index contributed by atoms with van der Waals surface area (Å²) in [5, 5.41) is 2.92. The summed E-state index contributed by atoms with van der Waals surface area (Å²) in [7, 11) is 0. The Hall–Kier alpha value is -1.60. The van der Waals surface area contributed by atoms with Gasteiger partial charge in [-0.1, -0.05) is 12.1 Å². The van der Waals surface area contributed by atoms with Gasteiger partial charge in [-0.2, -0.15) is 0 Å². The topological polar surface area (TPSA) is 47.6 Å². The van der Waals surface area contributed by atoms with Crippen LogP contribution in [0, 0.1) is 10.5 Å². The molecule has 1 atom stereocenters. The van der Waals surface area contributed by atoms with E-state index in [1.54, 1.807) is 0 Å². The number of carbonyl (C=O) groups is 1. The molecule has 1 N–H and O–H groups in total. The van der Waals surface area contributed by atoms with Crippen LogP contribution in [0.5, 0.6) is 5.75 Å². The van der Waals surface area contributed by atoms with E-state index in [2.05, 4.69) is 27.9 Å². The molecular weight excluding hydrogens is 417 g/mol. The van der Waals surface area contributed by atoms with Crippen LogP contribution in [0.25, 0.3) is 0 Å². The molecule has 0 aliphatic carbocycles. The van der Waals surface area contributed by atoms with Crippen LogP contribution in [-0.2, 0) is 4.74 Å². The predicted molar refractivity (Wildman–Crippen MR) is 103 cm³/mol. The molecule has 1 saturated heterocycles. The summed E-state index contributed by atoms with van der Waals surface area (Å²) in [5.41, 5.74) is 2.53. The Balaban J connectivity index is 1.62. The van der Waals surface area contributed by atoms with Crippen LogP contribution in [0.3, 0.4) is 0 Å². The number of nitrogens with one attached hydrogen (secondary N) is 1. The molecule has 0 saturated carbocycles. The van der Waals surface area contributed by atoms with Crippen LogP contribution in [0.2, 0.25) is 0 Å². The van der Waals surface area contributed by atoms with Crippen molar-refractivity contribution >= 4 is 34.2 Å². The van der Waals surface area contributed by atoms with E-state index in [9.17, 15) is 4.79 Å². The lowest BCUT2D eigenvalue weighted by atomic mass is 10.1. The van der Waals surface area contributed by atoms with Crippen LogP contribution in [0.4, 0.5) is 5.69 Å². The van der Waals surface area contributed by atoms with Crippen LogP contribution in [0.1, 0.15) is 28.8 Å². The van der Waals surface area contributed by atoms with E-state index >= 15 is 0 Å². The van der Waals surface area contributed by atoms with Crippen LogP contribution in [-0.4, -0.2) is 25.2 Å². The van der Waals surface area contributed by atoms with E-state index < -0.39 is 0 Å². The van der Waals surface area contributed by atoms with Gasteiger partial charge in [-0.15, -0.1) is 0 Å². The standard InChI is InChI=1S/C19H20INO3/c1-13-7-8-14(10-18(13)20)19(22)21-15-4-2-5-16(11-15)24-12-17-6-3-9-23-17/h2,4-5,7-8,10-11,17H,3,6,9,12H2,1H3,(H,21,22). The Bertz CT molecular complexity index is 726. The van der Waals surface area contributed by atoms with Crippen molar-refractivity contribution in [3.8, 4) is 5.75 Å². The Morgan fingerprint density at radius 1 is 1.33 bits per heavy atom. The molecule has 0 bridgehead atoms. The second kappa shape index (κ2) is 7.98. The molecule has 4 nitrogen and oxygen atoms in total. The van der Waals surface area contributed by atoms with Gasteiger partial charge in [0, 0.05) is 27.5 Å². The van der Waals surface area contributed by atoms with E-state index in [0.717, 1.165) is 40.0 Å². The zero-order valence-electron chi connectivity index (χ0n) is 13.5. The molecule has 1 fully saturated rings. The largest absolute Gasteiger partial charge is 0.491 e. The van der Waals surface area contributed by atoms with Crippen molar-refractivity contribution in [1.29, 1.82) is 0 Å². The summed E-state index contributed by atoms with van der Waals surface area (Å²) >= 11 is 2.24. The van der Waals surface area contributed by atoms with E-state index in [4.69, 9.17) is 9.47 Å². The fraction of sp³-hybridized carbons (Fsp3) is 0.316. The van der Waals surface area contributed by atoms with Gasteiger partial charge < -0.3 is 14.8 Å². The molecule has 1 aliphatic rings. The number of anilines is 1.